The van der Waals surface area contributed by atoms with E-state index in [9.17, 15) is 4.39 Å². The van der Waals surface area contributed by atoms with Crippen molar-refractivity contribution in [1.29, 1.82) is 0 Å². The maximum atomic E-state index is 12.6. The fraction of sp³-hybridized carbons (Fsp3) is 0.273. The highest BCUT2D eigenvalue weighted by atomic mass is 127. The Morgan fingerprint density at radius 1 is 1.13 bits per heavy atom. The van der Waals surface area contributed by atoms with Crippen LogP contribution in [0.5, 0.6) is 0 Å². The van der Waals surface area contributed by atoms with E-state index in [0.29, 0.717) is 6.42 Å². The van der Waals surface area contributed by atoms with Gasteiger partial charge in [-0.1, -0.05) is 12.1 Å². The summed E-state index contributed by atoms with van der Waals surface area (Å²) >= 11 is 2.00. The van der Waals surface area contributed by atoms with Crippen molar-refractivity contribution in [3.05, 3.63) is 44.8 Å². The molecule has 1 aromatic rings. The van der Waals surface area contributed by atoms with Crippen LogP contribution in [0.15, 0.2) is 33.4 Å². The van der Waals surface area contributed by atoms with E-state index in [-0.39, 0.29) is 19.0 Å². The smallest absolute Gasteiger partial charge is 0.123 e. The van der Waals surface area contributed by atoms with Crippen molar-refractivity contribution in [3.8, 4) is 0 Å². The van der Waals surface area contributed by atoms with Crippen LogP contribution in [0.3, 0.4) is 0 Å². The van der Waals surface area contributed by atoms with Gasteiger partial charge in [-0.3, -0.25) is 0 Å². The predicted octanol–water partition coefficient (Wildman–Crippen LogP) is 2.04. The van der Waals surface area contributed by atoms with Crippen LogP contribution in [-0.2, 0) is 6.42 Å². The van der Waals surface area contributed by atoms with Gasteiger partial charge >= 0.3 is 0 Å². The largest absolute Gasteiger partial charge is 0.392 e. The fourth-order valence-corrected chi connectivity index (χ4v) is 1.56. The summed E-state index contributed by atoms with van der Waals surface area (Å²) in [4.78, 5) is 0. The molecule has 0 aliphatic carbocycles. The van der Waals surface area contributed by atoms with Gasteiger partial charge in [0.1, 0.15) is 5.82 Å². The lowest BCUT2D eigenvalue weighted by molar-refractivity contribution is 0.316. The fourth-order valence-electron chi connectivity index (χ4n) is 1.20. The summed E-state index contributed by atoms with van der Waals surface area (Å²) in [6.45, 7) is -0.159. The van der Waals surface area contributed by atoms with E-state index in [1.54, 1.807) is 12.1 Å². The van der Waals surface area contributed by atoms with Crippen LogP contribution in [-0.4, -0.2) is 23.4 Å². The van der Waals surface area contributed by atoms with Gasteiger partial charge in [0.05, 0.1) is 13.2 Å². The van der Waals surface area contributed by atoms with E-state index < -0.39 is 0 Å². The SMILES string of the molecule is OCC(I)=C(CO)Cc1ccc(F)cc1. The molecule has 0 amide bonds. The monoisotopic (exact) mass is 322 g/mol. The molecule has 0 atom stereocenters. The minimum Gasteiger partial charge on any atom is -0.392 e. The van der Waals surface area contributed by atoms with Crippen molar-refractivity contribution in [2.45, 2.75) is 6.42 Å². The van der Waals surface area contributed by atoms with Crippen LogP contribution in [0, 0.1) is 5.82 Å². The summed E-state index contributed by atoms with van der Waals surface area (Å²) in [6.07, 6.45) is 0.537. The standard InChI is InChI=1S/C11H12FIO2/c12-10-3-1-8(2-4-10)5-9(6-14)11(13)7-15/h1-4,14-15H,5-7H2. The number of rotatable bonds is 4. The molecule has 0 aromatic heterocycles. The first-order chi connectivity index (χ1) is 7.17. The second kappa shape index (κ2) is 6.19. The summed E-state index contributed by atoms with van der Waals surface area (Å²) in [5, 5.41) is 18.0. The Balaban J connectivity index is 2.80. The molecular formula is C11H12FIO2. The van der Waals surface area contributed by atoms with E-state index in [4.69, 9.17) is 10.2 Å². The highest BCUT2D eigenvalue weighted by Crippen LogP contribution is 2.17. The van der Waals surface area contributed by atoms with Gasteiger partial charge in [0.2, 0.25) is 0 Å². The van der Waals surface area contributed by atoms with Gasteiger partial charge in [0.15, 0.2) is 0 Å². The molecule has 1 rings (SSSR count). The topological polar surface area (TPSA) is 40.5 Å². The third-order valence-corrected chi connectivity index (χ3v) is 3.15. The molecule has 0 saturated carbocycles. The highest BCUT2D eigenvalue weighted by molar-refractivity contribution is 14.1. The molecular weight excluding hydrogens is 310 g/mol. The molecule has 4 heteroatoms. The van der Waals surface area contributed by atoms with Crippen LogP contribution >= 0.6 is 22.6 Å². The second-order valence-corrected chi connectivity index (χ2v) is 4.43. The van der Waals surface area contributed by atoms with Crippen molar-refractivity contribution in [2.24, 2.45) is 0 Å². The quantitative estimate of drug-likeness (QED) is 0.833. The number of halogens is 2. The van der Waals surface area contributed by atoms with Crippen LogP contribution in [0.25, 0.3) is 0 Å². The summed E-state index contributed by atoms with van der Waals surface area (Å²) < 4.78 is 13.4. The van der Waals surface area contributed by atoms with Crippen molar-refractivity contribution >= 4 is 22.6 Å². The lowest BCUT2D eigenvalue weighted by Gasteiger charge is -2.07. The summed E-state index contributed by atoms with van der Waals surface area (Å²) in [5.41, 5.74) is 1.69. The molecule has 0 radical (unpaired) electrons. The first-order valence-electron chi connectivity index (χ1n) is 4.50. The molecule has 0 fully saturated rings. The molecule has 0 unspecified atom stereocenters. The number of hydrogen-bond donors (Lipinski definition) is 2. The Hall–Kier alpha value is -0.460. The normalized spacial score (nSPS) is 12.5. The zero-order valence-electron chi connectivity index (χ0n) is 8.08. The van der Waals surface area contributed by atoms with Gasteiger partial charge in [-0.05, 0) is 52.3 Å². The number of hydrogen-bond acceptors (Lipinski definition) is 2. The van der Waals surface area contributed by atoms with Crippen LogP contribution in [0.4, 0.5) is 4.39 Å². The minimum absolute atomic E-state index is 0.0718. The van der Waals surface area contributed by atoms with Crippen LogP contribution < -0.4 is 0 Å². The maximum absolute atomic E-state index is 12.6. The number of benzene rings is 1. The lowest BCUT2D eigenvalue weighted by atomic mass is 10.1. The second-order valence-electron chi connectivity index (χ2n) is 3.13. The van der Waals surface area contributed by atoms with Crippen molar-refractivity contribution in [1.82, 2.24) is 0 Å². The lowest BCUT2D eigenvalue weighted by Crippen LogP contribution is -2.00. The van der Waals surface area contributed by atoms with Crippen LogP contribution in [0.2, 0.25) is 0 Å². The molecule has 82 valence electrons. The summed E-state index contributed by atoms with van der Waals surface area (Å²) in [6, 6.07) is 6.12. The molecule has 1 aromatic carbocycles. The summed E-state index contributed by atoms with van der Waals surface area (Å²) in [5.74, 6) is -0.273. The van der Waals surface area contributed by atoms with Crippen molar-refractivity contribution < 1.29 is 14.6 Å². The van der Waals surface area contributed by atoms with Gasteiger partial charge < -0.3 is 10.2 Å². The Labute approximate surface area is 102 Å². The van der Waals surface area contributed by atoms with Gasteiger partial charge in [-0.2, -0.15) is 0 Å². The predicted molar refractivity (Wildman–Crippen MR) is 65.3 cm³/mol. The Bertz CT molecular complexity index is 346. The highest BCUT2D eigenvalue weighted by Gasteiger charge is 2.04. The molecule has 0 saturated heterocycles. The minimum atomic E-state index is -0.273. The Morgan fingerprint density at radius 3 is 2.20 bits per heavy atom. The molecule has 0 spiro atoms. The molecule has 0 aliphatic heterocycles. The number of aliphatic hydroxyl groups excluding tert-OH is 2. The third-order valence-electron chi connectivity index (χ3n) is 2.04. The molecule has 0 bridgehead atoms. The van der Waals surface area contributed by atoms with Gasteiger partial charge in [0, 0.05) is 3.58 Å². The average molecular weight is 322 g/mol. The van der Waals surface area contributed by atoms with E-state index >= 15 is 0 Å². The zero-order chi connectivity index (χ0) is 11.3. The van der Waals surface area contributed by atoms with Gasteiger partial charge in [-0.15, -0.1) is 0 Å². The van der Waals surface area contributed by atoms with E-state index in [2.05, 4.69) is 0 Å². The average Bonchev–Trinajstić information content (AvgIpc) is 2.27. The molecule has 0 heterocycles. The first-order valence-corrected chi connectivity index (χ1v) is 5.57. The molecule has 2 N–H and O–H groups in total. The summed E-state index contributed by atoms with van der Waals surface area (Å²) in [7, 11) is 0. The first kappa shape index (κ1) is 12.6. The molecule has 0 aliphatic rings. The Kier molecular flexibility index (Phi) is 5.21. The van der Waals surface area contributed by atoms with Gasteiger partial charge in [0.25, 0.3) is 0 Å². The Morgan fingerprint density at radius 2 is 1.73 bits per heavy atom. The van der Waals surface area contributed by atoms with Crippen LogP contribution in [0.1, 0.15) is 5.56 Å². The van der Waals surface area contributed by atoms with Gasteiger partial charge in [-0.25, -0.2) is 4.39 Å². The van der Waals surface area contributed by atoms with Crippen molar-refractivity contribution in [2.75, 3.05) is 13.2 Å². The van der Waals surface area contributed by atoms with Crippen molar-refractivity contribution in [3.63, 3.8) is 0 Å². The zero-order valence-corrected chi connectivity index (χ0v) is 10.2. The van der Waals surface area contributed by atoms with E-state index in [1.165, 1.54) is 12.1 Å². The third kappa shape index (κ3) is 3.89. The van der Waals surface area contributed by atoms with E-state index in [0.717, 1.165) is 14.7 Å². The van der Waals surface area contributed by atoms with E-state index in [1.807, 2.05) is 22.6 Å². The maximum Gasteiger partial charge on any atom is 0.123 e. The number of aliphatic hydroxyl groups is 2. The molecule has 2 nitrogen and oxygen atoms in total. The molecule has 15 heavy (non-hydrogen) atoms.